The molecule has 0 aromatic heterocycles. The highest BCUT2D eigenvalue weighted by Crippen LogP contribution is 2.32. The Labute approximate surface area is 165 Å². The van der Waals surface area contributed by atoms with Crippen LogP contribution in [-0.2, 0) is 9.59 Å². The number of hydrogen-bond donors (Lipinski definition) is 1. The number of carbonyl (C=O) groups is 3. The van der Waals surface area contributed by atoms with Gasteiger partial charge < -0.3 is 10.1 Å². The molecule has 0 unspecified atom stereocenters. The zero-order valence-electron chi connectivity index (χ0n) is 15.0. The molecule has 0 saturated carbocycles. The number of rotatable bonds is 6. The van der Waals surface area contributed by atoms with Crippen LogP contribution in [0.2, 0.25) is 0 Å². The maximum atomic E-state index is 13.0. The zero-order valence-corrected chi connectivity index (χ0v) is 15.8. The molecular formula is C20H17FN2O4S. The fraction of sp³-hybridized carbons (Fsp3) is 0.150. The lowest BCUT2D eigenvalue weighted by Crippen LogP contribution is -2.36. The van der Waals surface area contributed by atoms with Crippen LogP contribution in [0.5, 0.6) is 5.75 Å². The molecule has 1 aliphatic heterocycles. The van der Waals surface area contributed by atoms with Gasteiger partial charge >= 0.3 is 0 Å². The van der Waals surface area contributed by atoms with Crippen molar-refractivity contribution >= 4 is 40.6 Å². The van der Waals surface area contributed by atoms with E-state index >= 15 is 0 Å². The summed E-state index contributed by atoms with van der Waals surface area (Å²) in [6.45, 7) is 2.02. The SMILES string of the molecule is CCOc1ccc(NC(=O)CN2C(=O)S/C(=C\c3ccc(F)cc3)C2=O)cc1. The Kier molecular flexibility index (Phi) is 6.10. The van der Waals surface area contributed by atoms with Gasteiger partial charge in [-0.2, -0.15) is 0 Å². The fourth-order valence-electron chi connectivity index (χ4n) is 2.49. The van der Waals surface area contributed by atoms with Gasteiger partial charge in [-0.25, -0.2) is 4.39 Å². The fourth-order valence-corrected chi connectivity index (χ4v) is 3.33. The van der Waals surface area contributed by atoms with Crippen molar-refractivity contribution in [2.75, 3.05) is 18.5 Å². The molecule has 2 aromatic rings. The topological polar surface area (TPSA) is 75.7 Å². The number of ether oxygens (including phenoxy) is 1. The first-order valence-corrected chi connectivity index (χ1v) is 9.31. The molecule has 2 aromatic carbocycles. The van der Waals surface area contributed by atoms with Crippen LogP contribution in [-0.4, -0.2) is 35.1 Å². The summed E-state index contributed by atoms with van der Waals surface area (Å²) in [5.74, 6) is -0.760. The molecule has 0 spiro atoms. The Morgan fingerprint density at radius 2 is 1.82 bits per heavy atom. The van der Waals surface area contributed by atoms with E-state index in [-0.39, 0.29) is 4.91 Å². The molecule has 0 aliphatic carbocycles. The van der Waals surface area contributed by atoms with Gasteiger partial charge in [0.15, 0.2) is 0 Å². The van der Waals surface area contributed by atoms with Gasteiger partial charge in [0.2, 0.25) is 5.91 Å². The third-order valence-corrected chi connectivity index (χ3v) is 4.70. The summed E-state index contributed by atoms with van der Waals surface area (Å²) in [5.41, 5.74) is 1.12. The van der Waals surface area contributed by atoms with Crippen molar-refractivity contribution in [3.8, 4) is 5.75 Å². The van der Waals surface area contributed by atoms with Gasteiger partial charge in [0, 0.05) is 5.69 Å². The van der Waals surface area contributed by atoms with Gasteiger partial charge in [0.25, 0.3) is 11.1 Å². The molecule has 0 bridgehead atoms. The predicted octanol–water partition coefficient (Wildman–Crippen LogP) is 3.90. The highest BCUT2D eigenvalue weighted by atomic mass is 32.2. The van der Waals surface area contributed by atoms with E-state index in [1.165, 1.54) is 30.3 Å². The Balaban J connectivity index is 1.63. The lowest BCUT2D eigenvalue weighted by molar-refractivity contribution is -0.127. The van der Waals surface area contributed by atoms with Crippen LogP contribution in [0, 0.1) is 5.82 Å². The highest BCUT2D eigenvalue weighted by Gasteiger charge is 2.36. The minimum absolute atomic E-state index is 0.186. The predicted molar refractivity (Wildman–Crippen MR) is 105 cm³/mol. The van der Waals surface area contributed by atoms with Gasteiger partial charge in [-0.1, -0.05) is 12.1 Å². The van der Waals surface area contributed by atoms with Crippen LogP contribution >= 0.6 is 11.8 Å². The first kappa shape index (κ1) is 19.6. The molecule has 3 amide bonds. The smallest absolute Gasteiger partial charge is 0.294 e. The van der Waals surface area contributed by atoms with Crippen LogP contribution in [0.4, 0.5) is 14.9 Å². The van der Waals surface area contributed by atoms with Crippen LogP contribution in [0.15, 0.2) is 53.4 Å². The zero-order chi connectivity index (χ0) is 20.1. The van der Waals surface area contributed by atoms with Crippen LogP contribution < -0.4 is 10.1 Å². The molecule has 3 rings (SSSR count). The van der Waals surface area contributed by atoms with E-state index in [4.69, 9.17) is 4.74 Å². The molecule has 1 heterocycles. The number of carbonyl (C=O) groups excluding carboxylic acids is 3. The van der Waals surface area contributed by atoms with E-state index in [9.17, 15) is 18.8 Å². The van der Waals surface area contributed by atoms with Crippen molar-refractivity contribution in [2.45, 2.75) is 6.92 Å². The largest absolute Gasteiger partial charge is 0.494 e. The number of nitrogens with one attached hydrogen (secondary N) is 1. The number of anilines is 1. The number of benzene rings is 2. The summed E-state index contributed by atoms with van der Waals surface area (Å²) >= 11 is 0.745. The molecule has 1 aliphatic rings. The standard InChI is InChI=1S/C20H17FN2O4S/c1-2-27-16-9-7-15(8-10-16)22-18(24)12-23-19(25)17(28-20(23)26)11-13-3-5-14(21)6-4-13/h3-11H,2,12H2,1H3,(H,22,24)/b17-11-. The van der Waals surface area contributed by atoms with E-state index in [2.05, 4.69) is 5.32 Å². The summed E-state index contributed by atoms with van der Waals surface area (Å²) in [7, 11) is 0. The quantitative estimate of drug-likeness (QED) is 0.745. The van der Waals surface area contributed by atoms with Crippen molar-refractivity contribution in [3.63, 3.8) is 0 Å². The van der Waals surface area contributed by atoms with Gasteiger partial charge in [0.05, 0.1) is 11.5 Å². The molecule has 1 saturated heterocycles. The van der Waals surface area contributed by atoms with Gasteiger partial charge in [-0.05, 0) is 66.7 Å². The molecular weight excluding hydrogens is 383 g/mol. The highest BCUT2D eigenvalue weighted by molar-refractivity contribution is 8.18. The summed E-state index contributed by atoms with van der Waals surface area (Å²) in [6, 6.07) is 12.3. The first-order chi connectivity index (χ1) is 13.5. The Bertz CT molecular complexity index is 926. The number of halogens is 1. The second-order valence-electron chi connectivity index (χ2n) is 5.82. The van der Waals surface area contributed by atoms with E-state index in [0.717, 1.165) is 16.7 Å². The second kappa shape index (κ2) is 8.71. The van der Waals surface area contributed by atoms with Gasteiger partial charge in [0.1, 0.15) is 18.1 Å². The molecule has 0 atom stereocenters. The third kappa shape index (κ3) is 4.77. The maximum absolute atomic E-state index is 13.0. The van der Waals surface area contributed by atoms with E-state index in [1.54, 1.807) is 24.3 Å². The Morgan fingerprint density at radius 1 is 1.14 bits per heavy atom. The normalized spacial score (nSPS) is 15.2. The summed E-state index contributed by atoms with van der Waals surface area (Å²) in [5, 5.41) is 2.11. The molecule has 28 heavy (non-hydrogen) atoms. The van der Waals surface area contributed by atoms with Crippen LogP contribution in [0.25, 0.3) is 6.08 Å². The molecule has 1 N–H and O–H groups in total. The number of nitrogens with zero attached hydrogens (tertiary/aromatic N) is 1. The van der Waals surface area contributed by atoms with Crippen molar-refractivity contribution in [3.05, 3.63) is 64.8 Å². The molecule has 1 fully saturated rings. The average molecular weight is 400 g/mol. The summed E-state index contributed by atoms with van der Waals surface area (Å²) in [6.07, 6.45) is 1.49. The summed E-state index contributed by atoms with van der Waals surface area (Å²) in [4.78, 5) is 37.8. The number of amides is 3. The number of thioether (sulfide) groups is 1. The van der Waals surface area contributed by atoms with Crippen molar-refractivity contribution in [1.29, 1.82) is 0 Å². The average Bonchev–Trinajstić information content (AvgIpc) is 2.93. The van der Waals surface area contributed by atoms with Crippen molar-refractivity contribution < 1.29 is 23.5 Å². The van der Waals surface area contributed by atoms with Crippen molar-refractivity contribution in [2.24, 2.45) is 0 Å². The molecule has 0 radical (unpaired) electrons. The van der Waals surface area contributed by atoms with Gasteiger partial charge in [-0.15, -0.1) is 0 Å². The summed E-state index contributed by atoms with van der Waals surface area (Å²) < 4.78 is 18.3. The van der Waals surface area contributed by atoms with E-state index in [1.807, 2.05) is 6.92 Å². The van der Waals surface area contributed by atoms with Crippen LogP contribution in [0.3, 0.4) is 0 Å². The lowest BCUT2D eigenvalue weighted by atomic mass is 10.2. The molecule has 8 heteroatoms. The molecule has 144 valence electrons. The minimum Gasteiger partial charge on any atom is -0.494 e. The van der Waals surface area contributed by atoms with E-state index < -0.39 is 29.4 Å². The Morgan fingerprint density at radius 3 is 2.46 bits per heavy atom. The lowest BCUT2D eigenvalue weighted by Gasteiger charge is -2.12. The van der Waals surface area contributed by atoms with Crippen molar-refractivity contribution in [1.82, 2.24) is 4.90 Å². The molecule has 6 nitrogen and oxygen atoms in total. The maximum Gasteiger partial charge on any atom is 0.294 e. The van der Waals surface area contributed by atoms with Crippen LogP contribution in [0.1, 0.15) is 12.5 Å². The minimum atomic E-state index is -0.554. The third-order valence-electron chi connectivity index (χ3n) is 3.79. The number of hydrogen-bond acceptors (Lipinski definition) is 5. The van der Waals surface area contributed by atoms with E-state index in [0.29, 0.717) is 23.6 Å². The first-order valence-electron chi connectivity index (χ1n) is 8.50. The monoisotopic (exact) mass is 400 g/mol. The number of imide groups is 1. The van der Waals surface area contributed by atoms with Gasteiger partial charge in [-0.3, -0.25) is 19.3 Å². The second-order valence-corrected chi connectivity index (χ2v) is 6.82. The Hall–Kier alpha value is -3.13.